The van der Waals surface area contributed by atoms with Gasteiger partial charge >= 0.3 is 0 Å². The predicted molar refractivity (Wildman–Crippen MR) is 92.8 cm³/mol. The van der Waals surface area contributed by atoms with Crippen LogP contribution in [-0.4, -0.2) is 43.9 Å². The van der Waals surface area contributed by atoms with Crippen LogP contribution in [0, 0.1) is 0 Å². The van der Waals surface area contributed by atoms with Gasteiger partial charge in [0, 0.05) is 18.1 Å². The van der Waals surface area contributed by atoms with Crippen LogP contribution in [0.3, 0.4) is 0 Å². The summed E-state index contributed by atoms with van der Waals surface area (Å²) in [5.74, 6) is -0.0601. The summed E-state index contributed by atoms with van der Waals surface area (Å²) in [6.07, 6.45) is 4.11. The minimum Gasteiger partial charge on any atom is -0.376 e. The fraction of sp³-hybridized carbons (Fsp3) is 0.632. The van der Waals surface area contributed by atoms with Crippen molar-refractivity contribution in [2.24, 2.45) is 0 Å². The number of rotatable bonds is 6. The van der Waals surface area contributed by atoms with Crippen molar-refractivity contribution in [3.05, 3.63) is 35.9 Å². The molecule has 1 aliphatic heterocycles. The van der Waals surface area contributed by atoms with Crippen molar-refractivity contribution in [3.63, 3.8) is 0 Å². The lowest BCUT2D eigenvalue weighted by molar-refractivity contribution is -0.147. The highest BCUT2D eigenvalue weighted by Crippen LogP contribution is 2.31. The second-order valence-electron chi connectivity index (χ2n) is 6.92. The first kappa shape index (κ1) is 17.4. The number of carbonyl (C=O) groups is 1. The van der Waals surface area contributed by atoms with Gasteiger partial charge < -0.3 is 20.1 Å². The third-order valence-electron chi connectivity index (χ3n) is 5.09. The Kier molecular flexibility index (Phi) is 5.87. The third-order valence-corrected chi connectivity index (χ3v) is 5.09. The van der Waals surface area contributed by atoms with Gasteiger partial charge in [0.2, 0.25) is 0 Å². The van der Waals surface area contributed by atoms with Gasteiger partial charge in [-0.2, -0.15) is 0 Å². The quantitative estimate of drug-likeness (QED) is 0.838. The van der Waals surface area contributed by atoms with Crippen LogP contribution < -0.4 is 10.6 Å². The van der Waals surface area contributed by atoms with Crippen LogP contribution in [0.5, 0.6) is 0 Å². The van der Waals surface area contributed by atoms with E-state index in [9.17, 15) is 4.79 Å². The van der Waals surface area contributed by atoms with Crippen molar-refractivity contribution in [2.45, 2.75) is 50.3 Å². The highest BCUT2D eigenvalue weighted by Gasteiger charge is 2.36. The number of amides is 1. The van der Waals surface area contributed by atoms with Crippen molar-refractivity contribution in [3.8, 4) is 0 Å². The van der Waals surface area contributed by atoms with E-state index in [2.05, 4.69) is 41.8 Å². The van der Waals surface area contributed by atoms with E-state index in [1.54, 1.807) is 0 Å². The Labute approximate surface area is 144 Å². The molecule has 1 heterocycles. The minimum absolute atomic E-state index is 0.0273. The van der Waals surface area contributed by atoms with Gasteiger partial charge in [0.1, 0.15) is 0 Å². The normalized spacial score (nSPS) is 24.5. The maximum absolute atomic E-state index is 12.3. The molecule has 0 unspecified atom stereocenters. The summed E-state index contributed by atoms with van der Waals surface area (Å²) >= 11 is 0. The van der Waals surface area contributed by atoms with Gasteiger partial charge in [-0.3, -0.25) is 4.79 Å². The highest BCUT2D eigenvalue weighted by molar-refractivity contribution is 5.81. The van der Waals surface area contributed by atoms with Gasteiger partial charge in [-0.1, -0.05) is 43.2 Å². The Balaban J connectivity index is 1.58. The summed E-state index contributed by atoms with van der Waals surface area (Å²) in [6, 6.07) is 10.7. The van der Waals surface area contributed by atoms with E-state index in [0.29, 0.717) is 26.4 Å². The van der Waals surface area contributed by atoms with E-state index >= 15 is 0 Å². The molecule has 3 rings (SSSR count). The van der Waals surface area contributed by atoms with Crippen molar-refractivity contribution in [2.75, 3.05) is 26.4 Å². The smallest absolute Gasteiger partial charge is 0.251 e. The first-order chi connectivity index (χ1) is 11.7. The Bertz CT molecular complexity index is 523. The molecule has 1 aromatic carbocycles. The Hall–Kier alpha value is -1.43. The molecule has 1 saturated carbocycles. The predicted octanol–water partition coefficient (Wildman–Crippen LogP) is 2.18. The molecule has 1 amide bonds. The maximum Gasteiger partial charge on any atom is 0.251 e. The summed E-state index contributed by atoms with van der Waals surface area (Å²) in [5, 5.41) is 6.87. The first-order valence-corrected chi connectivity index (χ1v) is 8.98. The minimum atomic E-state index is -0.469. The monoisotopic (exact) mass is 332 g/mol. The van der Waals surface area contributed by atoms with Crippen molar-refractivity contribution in [1.82, 2.24) is 10.6 Å². The van der Waals surface area contributed by atoms with Gasteiger partial charge in [0.05, 0.1) is 19.8 Å². The molecular weight excluding hydrogens is 304 g/mol. The zero-order chi connectivity index (χ0) is 16.8. The van der Waals surface area contributed by atoms with Gasteiger partial charge in [0.15, 0.2) is 6.10 Å². The molecule has 2 N–H and O–H groups in total. The Morgan fingerprint density at radius 3 is 2.67 bits per heavy atom. The zero-order valence-corrected chi connectivity index (χ0v) is 14.4. The number of benzene rings is 1. The molecule has 2 aliphatic rings. The van der Waals surface area contributed by atoms with E-state index in [4.69, 9.17) is 9.47 Å². The van der Waals surface area contributed by atoms with Gasteiger partial charge in [-0.25, -0.2) is 0 Å². The zero-order valence-electron chi connectivity index (χ0n) is 14.4. The van der Waals surface area contributed by atoms with Crippen molar-refractivity contribution < 1.29 is 14.3 Å². The first-order valence-electron chi connectivity index (χ1n) is 8.98. The Morgan fingerprint density at radius 2 is 2.00 bits per heavy atom. The topological polar surface area (TPSA) is 59.6 Å². The van der Waals surface area contributed by atoms with Crippen LogP contribution in [0.15, 0.2) is 30.3 Å². The lowest BCUT2D eigenvalue weighted by atomic mass is 9.94. The lowest BCUT2D eigenvalue weighted by Gasteiger charge is -2.35. The molecule has 132 valence electrons. The summed E-state index contributed by atoms with van der Waals surface area (Å²) in [5.41, 5.74) is 1.25. The van der Waals surface area contributed by atoms with Crippen molar-refractivity contribution in [1.29, 1.82) is 0 Å². The van der Waals surface area contributed by atoms with E-state index < -0.39 is 6.10 Å². The van der Waals surface area contributed by atoms with E-state index in [1.165, 1.54) is 18.4 Å². The molecule has 1 aliphatic carbocycles. The molecule has 0 spiro atoms. The Morgan fingerprint density at radius 1 is 1.25 bits per heavy atom. The molecule has 0 aromatic heterocycles. The molecule has 5 heteroatoms. The molecule has 2 atom stereocenters. The molecule has 24 heavy (non-hydrogen) atoms. The van der Waals surface area contributed by atoms with E-state index in [0.717, 1.165) is 12.8 Å². The van der Waals surface area contributed by atoms with Crippen molar-refractivity contribution >= 4 is 5.91 Å². The van der Waals surface area contributed by atoms with Crippen LogP contribution in [0.2, 0.25) is 0 Å². The standard InChI is InChI=1S/C19H28N2O3/c1-15(16-7-3-2-4-8-16)21-19(9-5-6-10-19)14-20-18(22)17-13-23-11-12-24-17/h2-4,7-8,15,17,21H,5-6,9-14H2,1H3,(H,20,22)/t15-,17-/m0/s1. The average Bonchev–Trinajstić information content (AvgIpc) is 3.10. The van der Waals surface area contributed by atoms with Crippen LogP contribution in [-0.2, 0) is 14.3 Å². The number of hydrogen-bond donors (Lipinski definition) is 2. The second-order valence-corrected chi connectivity index (χ2v) is 6.92. The van der Waals surface area contributed by atoms with E-state index in [1.807, 2.05) is 6.07 Å². The lowest BCUT2D eigenvalue weighted by Crippen LogP contribution is -2.54. The van der Waals surface area contributed by atoms with Crippen LogP contribution in [0.1, 0.15) is 44.2 Å². The van der Waals surface area contributed by atoms with E-state index in [-0.39, 0.29) is 17.5 Å². The van der Waals surface area contributed by atoms with Gasteiger partial charge in [-0.05, 0) is 25.3 Å². The molecule has 1 saturated heterocycles. The average molecular weight is 332 g/mol. The van der Waals surface area contributed by atoms with Crippen LogP contribution in [0.4, 0.5) is 0 Å². The molecule has 2 fully saturated rings. The molecular formula is C19H28N2O3. The molecule has 0 bridgehead atoms. The molecule has 5 nitrogen and oxygen atoms in total. The number of carbonyl (C=O) groups excluding carboxylic acids is 1. The summed E-state index contributed by atoms with van der Waals surface area (Å²) in [6.45, 7) is 4.25. The number of ether oxygens (including phenoxy) is 2. The summed E-state index contributed by atoms with van der Waals surface area (Å²) < 4.78 is 10.8. The van der Waals surface area contributed by atoms with Crippen LogP contribution in [0.25, 0.3) is 0 Å². The fourth-order valence-electron chi connectivity index (χ4n) is 3.72. The highest BCUT2D eigenvalue weighted by atomic mass is 16.6. The number of hydrogen-bond acceptors (Lipinski definition) is 4. The largest absolute Gasteiger partial charge is 0.376 e. The second kappa shape index (κ2) is 8.10. The van der Waals surface area contributed by atoms with Gasteiger partial charge in [-0.15, -0.1) is 0 Å². The fourth-order valence-corrected chi connectivity index (χ4v) is 3.72. The molecule has 0 radical (unpaired) electrons. The summed E-state index contributed by atoms with van der Waals surface area (Å²) in [7, 11) is 0. The summed E-state index contributed by atoms with van der Waals surface area (Å²) in [4.78, 5) is 12.3. The van der Waals surface area contributed by atoms with Gasteiger partial charge in [0.25, 0.3) is 5.91 Å². The SMILES string of the molecule is C[C@H](NC1(CNC(=O)[C@@H]2COCCO2)CCCC1)c1ccccc1. The third kappa shape index (κ3) is 4.35. The van der Waals surface area contributed by atoms with Crippen LogP contribution >= 0.6 is 0 Å². The molecule has 1 aromatic rings. The number of nitrogens with one attached hydrogen (secondary N) is 2. The maximum atomic E-state index is 12.3.